The van der Waals surface area contributed by atoms with Gasteiger partial charge in [0, 0.05) is 28.2 Å². The second-order valence-corrected chi connectivity index (χ2v) is 6.38. The van der Waals surface area contributed by atoms with Crippen LogP contribution in [-0.2, 0) is 0 Å². The molecular formula is C15H15BrN4O3S. The minimum Gasteiger partial charge on any atom is -0.455 e. The summed E-state index contributed by atoms with van der Waals surface area (Å²) in [5.41, 5.74) is 3.41. The fraction of sp³-hybridized carbons (Fsp3) is 0.200. The number of nitro groups is 1. The van der Waals surface area contributed by atoms with Crippen molar-refractivity contribution in [2.24, 2.45) is 5.10 Å². The van der Waals surface area contributed by atoms with Crippen LogP contribution in [0, 0.1) is 10.1 Å². The maximum atomic E-state index is 10.8. The second kappa shape index (κ2) is 8.02. The molecule has 0 fully saturated rings. The van der Waals surface area contributed by atoms with Crippen LogP contribution in [0.3, 0.4) is 0 Å². The predicted molar refractivity (Wildman–Crippen MR) is 100 cm³/mol. The Kier molecular flexibility index (Phi) is 6.04. The van der Waals surface area contributed by atoms with Crippen molar-refractivity contribution in [3.63, 3.8) is 0 Å². The van der Waals surface area contributed by atoms with Crippen LogP contribution in [0.1, 0.15) is 19.6 Å². The predicted octanol–water partition coefficient (Wildman–Crippen LogP) is 3.82. The van der Waals surface area contributed by atoms with E-state index in [1.54, 1.807) is 18.2 Å². The molecule has 9 heteroatoms. The highest BCUT2D eigenvalue weighted by Gasteiger charge is 2.12. The summed E-state index contributed by atoms with van der Waals surface area (Å²) < 4.78 is 6.24. The molecule has 0 radical (unpaired) electrons. The average molecular weight is 411 g/mol. The van der Waals surface area contributed by atoms with Crippen LogP contribution in [0.5, 0.6) is 0 Å². The summed E-state index contributed by atoms with van der Waals surface area (Å²) in [5, 5.41) is 18.2. The monoisotopic (exact) mass is 410 g/mol. The zero-order chi connectivity index (χ0) is 17.7. The molecule has 1 aromatic carbocycles. The number of nitrogens with zero attached hydrogens (tertiary/aromatic N) is 2. The number of hydrogen-bond donors (Lipinski definition) is 2. The fourth-order valence-electron chi connectivity index (χ4n) is 1.83. The molecule has 24 heavy (non-hydrogen) atoms. The van der Waals surface area contributed by atoms with Crippen LogP contribution in [0.15, 0.2) is 44.3 Å². The van der Waals surface area contributed by atoms with Crippen molar-refractivity contribution < 1.29 is 9.34 Å². The highest BCUT2D eigenvalue weighted by molar-refractivity contribution is 9.10. The lowest BCUT2D eigenvalue weighted by atomic mass is 10.1. The van der Waals surface area contributed by atoms with Gasteiger partial charge in [0.25, 0.3) is 5.69 Å². The number of thiocarbonyl (C=S) groups is 1. The topological polar surface area (TPSA) is 92.7 Å². The number of furan rings is 1. The molecule has 0 spiro atoms. The molecule has 1 heterocycles. The Bertz CT molecular complexity index is 789. The number of nitro benzene ring substituents is 1. The van der Waals surface area contributed by atoms with Gasteiger partial charge in [-0.25, -0.2) is 0 Å². The number of hydrazone groups is 1. The molecule has 0 saturated heterocycles. The first-order valence-electron chi connectivity index (χ1n) is 7.00. The third-order valence-electron chi connectivity index (χ3n) is 2.83. The number of hydrogen-bond acceptors (Lipinski definition) is 5. The summed E-state index contributed by atoms with van der Waals surface area (Å²) in [6, 6.07) is 8.21. The fourth-order valence-corrected chi connectivity index (χ4v) is 2.68. The summed E-state index contributed by atoms with van der Waals surface area (Å²) in [7, 11) is 0. The molecule has 0 aliphatic carbocycles. The number of halogens is 1. The van der Waals surface area contributed by atoms with Gasteiger partial charge in [0.2, 0.25) is 0 Å². The average Bonchev–Trinajstić information content (AvgIpc) is 2.94. The lowest BCUT2D eigenvalue weighted by Crippen LogP contribution is -2.36. The van der Waals surface area contributed by atoms with Gasteiger partial charge in [-0.15, -0.1) is 0 Å². The van der Waals surface area contributed by atoms with Crippen LogP contribution in [0.25, 0.3) is 11.3 Å². The summed E-state index contributed by atoms with van der Waals surface area (Å²) in [6.07, 6.45) is 1.50. The standard InChI is InChI=1S/C15H15BrN4O3S/c1-9(2)18-15(24)19-17-8-11-4-6-14(23-11)12-5-3-10(20(21)22)7-13(12)16/h3-9H,1-2H3,(H2,18,19,24)/b17-8-. The smallest absolute Gasteiger partial charge is 0.270 e. The molecule has 7 nitrogen and oxygen atoms in total. The summed E-state index contributed by atoms with van der Waals surface area (Å²) in [5.74, 6) is 1.09. The van der Waals surface area contributed by atoms with Gasteiger partial charge in [-0.3, -0.25) is 15.5 Å². The minimum atomic E-state index is -0.450. The van der Waals surface area contributed by atoms with Gasteiger partial charge in [-0.2, -0.15) is 5.10 Å². The number of benzene rings is 1. The van der Waals surface area contributed by atoms with Gasteiger partial charge in [-0.05, 0) is 60.2 Å². The maximum Gasteiger partial charge on any atom is 0.270 e. The quantitative estimate of drug-likeness (QED) is 0.336. The Morgan fingerprint density at radius 2 is 2.17 bits per heavy atom. The first kappa shape index (κ1) is 18.1. The number of nitrogens with one attached hydrogen (secondary N) is 2. The van der Waals surface area contributed by atoms with Gasteiger partial charge in [0.1, 0.15) is 11.5 Å². The lowest BCUT2D eigenvalue weighted by Gasteiger charge is -2.09. The third-order valence-corrected chi connectivity index (χ3v) is 3.70. The molecule has 126 valence electrons. The first-order valence-corrected chi connectivity index (χ1v) is 8.20. The number of rotatable bonds is 5. The van der Waals surface area contributed by atoms with Gasteiger partial charge < -0.3 is 9.73 Å². The van der Waals surface area contributed by atoms with Gasteiger partial charge in [-0.1, -0.05) is 0 Å². The Balaban J connectivity index is 2.08. The van der Waals surface area contributed by atoms with Crippen LogP contribution >= 0.6 is 28.1 Å². The van der Waals surface area contributed by atoms with Gasteiger partial charge in [0.15, 0.2) is 5.11 Å². The maximum absolute atomic E-state index is 10.8. The Morgan fingerprint density at radius 1 is 1.42 bits per heavy atom. The Morgan fingerprint density at radius 3 is 2.79 bits per heavy atom. The van der Waals surface area contributed by atoms with E-state index in [4.69, 9.17) is 16.6 Å². The lowest BCUT2D eigenvalue weighted by molar-refractivity contribution is -0.384. The van der Waals surface area contributed by atoms with Crippen molar-refractivity contribution in [1.29, 1.82) is 0 Å². The molecule has 0 atom stereocenters. The second-order valence-electron chi connectivity index (χ2n) is 5.12. The summed E-state index contributed by atoms with van der Waals surface area (Å²) in [6.45, 7) is 3.94. The van der Waals surface area contributed by atoms with Crippen LogP contribution in [-0.4, -0.2) is 22.3 Å². The summed E-state index contributed by atoms with van der Waals surface area (Å²) in [4.78, 5) is 10.3. The molecule has 2 rings (SSSR count). The van der Waals surface area contributed by atoms with Crippen molar-refractivity contribution >= 4 is 45.2 Å². The number of non-ortho nitro benzene ring substituents is 1. The van der Waals surface area contributed by atoms with Crippen LogP contribution < -0.4 is 10.7 Å². The largest absolute Gasteiger partial charge is 0.455 e. The van der Waals surface area contributed by atoms with Crippen LogP contribution in [0.4, 0.5) is 5.69 Å². The van der Waals surface area contributed by atoms with E-state index in [-0.39, 0.29) is 11.7 Å². The molecule has 0 saturated carbocycles. The van der Waals surface area contributed by atoms with E-state index in [1.807, 2.05) is 13.8 Å². The zero-order valence-corrected chi connectivity index (χ0v) is 15.3. The Hall–Kier alpha value is -2.26. The van der Waals surface area contributed by atoms with E-state index in [9.17, 15) is 10.1 Å². The molecule has 1 aromatic heterocycles. The van der Waals surface area contributed by atoms with Gasteiger partial charge >= 0.3 is 0 Å². The molecule has 0 aliphatic heterocycles. The van der Waals surface area contributed by atoms with Crippen molar-refractivity contribution in [1.82, 2.24) is 10.7 Å². The molecule has 0 bridgehead atoms. The molecule has 2 N–H and O–H groups in total. The summed E-state index contributed by atoms with van der Waals surface area (Å²) >= 11 is 8.37. The zero-order valence-electron chi connectivity index (χ0n) is 12.9. The molecule has 0 unspecified atom stereocenters. The van der Waals surface area contributed by atoms with E-state index < -0.39 is 4.92 Å². The van der Waals surface area contributed by atoms with E-state index in [1.165, 1.54) is 18.3 Å². The highest BCUT2D eigenvalue weighted by atomic mass is 79.9. The molecule has 0 amide bonds. The van der Waals surface area contributed by atoms with E-state index in [0.29, 0.717) is 26.7 Å². The molecule has 2 aromatic rings. The van der Waals surface area contributed by atoms with Crippen molar-refractivity contribution in [3.8, 4) is 11.3 Å². The highest BCUT2D eigenvalue weighted by Crippen LogP contribution is 2.32. The normalized spacial score (nSPS) is 11.0. The SMILES string of the molecule is CC(C)NC(=S)N/N=C\c1ccc(-c2ccc([N+](=O)[O-])cc2Br)o1. The van der Waals surface area contributed by atoms with E-state index in [2.05, 4.69) is 31.8 Å². The molecular weight excluding hydrogens is 396 g/mol. The van der Waals surface area contributed by atoms with Crippen molar-refractivity contribution in [2.45, 2.75) is 19.9 Å². The first-order chi connectivity index (χ1) is 11.4. The van der Waals surface area contributed by atoms with Crippen molar-refractivity contribution in [2.75, 3.05) is 0 Å². The molecule has 0 aliphatic rings. The Labute approximate surface area is 152 Å². The van der Waals surface area contributed by atoms with Crippen LogP contribution in [0.2, 0.25) is 0 Å². The minimum absolute atomic E-state index is 0.00864. The van der Waals surface area contributed by atoms with E-state index >= 15 is 0 Å². The third kappa shape index (κ3) is 4.87. The van der Waals surface area contributed by atoms with E-state index in [0.717, 1.165) is 0 Å². The van der Waals surface area contributed by atoms with Crippen molar-refractivity contribution in [3.05, 3.63) is 50.7 Å². The van der Waals surface area contributed by atoms with Gasteiger partial charge in [0.05, 0.1) is 11.1 Å².